The van der Waals surface area contributed by atoms with Gasteiger partial charge in [0, 0.05) is 5.75 Å². The fourth-order valence-corrected chi connectivity index (χ4v) is 1.10. The van der Waals surface area contributed by atoms with E-state index in [-0.39, 0.29) is 22.8 Å². The van der Waals surface area contributed by atoms with Crippen molar-refractivity contribution in [3.63, 3.8) is 0 Å². The van der Waals surface area contributed by atoms with Crippen LogP contribution in [-0.4, -0.2) is 7.11 Å². The van der Waals surface area contributed by atoms with Gasteiger partial charge in [0.15, 0.2) is 0 Å². The molecule has 1 aliphatic carbocycles. The smallest absolute Gasteiger partial charge is 0.875 e. The van der Waals surface area contributed by atoms with Gasteiger partial charge in [0.1, 0.15) is 0 Å². The fraction of sp³-hybridized carbons (Fsp3) is 0.154. The van der Waals surface area contributed by atoms with Crippen molar-refractivity contribution in [1.29, 1.82) is 0 Å². The molecule has 0 spiro atoms. The van der Waals surface area contributed by atoms with Crippen LogP contribution >= 0.6 is 0 Å². The third-order valence-corrected chi connectivity index (χ3v) is 1.94. The number of rotatable bonds is 1. The maximum absolute atomic E-state index is 10.5. The first-order chi connectivity index (χ1) is 7.24. The maximum atomic E-state index is 10.5. The first kappa shape index (κ1) is 14.7. The first-order valence-electron chi connectivity index (χ1n) is 4.72. The van der Waals surface area contributed by atoms with Crippen molar-refractivity contribution < 1.29 is 26.9 Å². The quantitative estimate of drug-likeness (QED) is 0.439. The molecular weight excluding hydrogens is 244 g/mol. The minimum atomic E-state index is 0. The maximum Gasteiger partial charge on any atom is 2.00 e. The van der Waals surface area contributed by atoms with Gasteiger partial charge in [-0.15, -0.1) is 11.8 Å². The van der Waals surface area contributed by atoms with E-state index < -0.39 is 0 Å². The molecular formula is C13H14FeO2. The SMILES string of the molecule is CC([O-])=C1C=CC=C1.COc1ccc[cH-]1.[Fe+2]. The number of ether oxygens (including phenoxy) is 1. The zero-order chi connectivity index (χ0) is 11.1. The topological polar surface area (TPSA) is 32.3 Å². The third-order valence-electron chi connectivity index (χ3n) is 1.94. The van der Waals surface area contributed by atoms with Crippen molar-refractivity contribution in [2.75, 3.05) is 7.11 Å². The normalized spacial score (nSPS) is 11.5. The van der Waals surface area contributed by atoms with Crippen LogP contribution in [0.3, 0.4) is 0 Å². The van der Waals surface area contributed by atoms with E-state index in [1.165, 1.54) is 0 Å². The summed E-state index contributed by atoms with van der Waals surface area (Å²) in [6, 6.07) is 7.72. The van der Waals surface area contributed by atoms with E-state index in [0.717, 1.165) is 11.3 Å². The fourth-order valence-electron chi connectivity index (χ4n) is 1.10. The number of methoxy groups -OCH3 is 1. The Hall–Kier alpha value is -1.31. The molecule has 2 nitrogen and oxygen atoms in total. The molecule has 0 bridgehead atoms. The summed E-state index contributed by atoms with van der Waals surface area (Å²) in [4.78, 5) is 0. The van der Waals surface area contributed by atoms with Crippen LogP contribution in [0, 0.1) is 0 Å². The molecule has 0 unspecified atom stereocenters. The van der Waals surface area contributed by atoms with Gasteiger partial charge >= 0.3 is 17.1 Å². The summed E-state index contributed by atoms with van der Waals surface area (Å²) in [5, 5.41) is 10.5. The molecule has 0 atom stereocenters. The number of allylic oxidation sites excluding steroid dienone is 6. The molecule has 0 fully saturated rings. The molecule has 1 aromatic carbocycles. The summed E-state index contributed by atoms with van der Waals surface area (Å²) in [7, 11) is 1.66. The van der Waals surface area contributed by atoms with E-state index >= 15 is 0 Å². The van der Waals surface area contributed by atoms with Crippen molar-refractivity contribution in [2.45, 2.75) is 6.92 Å². The monoisotopic (exact) mass is 258 g/mol. The van der Waals surface area contributed by atoms with Gasteiger partial charge in [-0.2, -0.15) is 12.1 Å². The van der Waals surface area contributed by atoms with Crippen molar-refractivity contribution in [3.05, 3.63) is 59.9 Å². The van der Waals surface area contributed by atoms with E-state index in [1.807, 2.05) is 48.6 Å². The summed E-state index contributed by atoms with van der Waals surface area (Å²) in [5.41, 5.74) is 0.796. The van der Waals surface area contributed by atoms with Crippen LogP contribution in [0.4, 0.5) is 0 Å². The molecule has 0 aliphatic heterocycles. The standard InChI is InChI=1S/C7H8O.C6H7O.Fe/c1-6(8)7-4-2-3-5-7;1-7-6-4-2-3-5-6;/h2-5,8H,1H3;2-5H,1H3;/q;-1;+2/p-1. The predicted molar refractivity (Wildman–Crippen MR) is 59.6 cm³/mol. The molecule has 0 radical (unpaired) electrons. The van der Waals surface area contributed by atoms with Gasteiger partial charge in [-0.25, -0.2) is 6.07 Å². The second kappa shape index (κ2) is 7.91. The average molecular weight is 258 g/mol. The zero-order valence-corrected chi connectivity index (χ0v) is 10.4. The Morgan fingerprint density at radius 1 is 1.31 bits per heavy atom. The van der Waals surface area contributed by atoms with E-state index in [1.54, 1.807) is 14.0 Å². The molecule has 86 valence electrons. The van der Waals surface area contributed by atoms with Gasteiger partial charge < -0.3 is 9.84 Å². The molecule has 16 heavy (non-hydrogen) atoms. The number of hydrogen-bond donors (Lipinski definition) is 0. The molecule has 2 rings (SSSR count). The molecule has 0 aromatic heterocycles. The second-order valence-corrected chi connectivity index (χ2v) is 3.05. The van der Waals surface area contributed by atoms with Gasteiger partial charge in [-0.1, -0.05) is 31.2 Å². The third kappa shape index (κ3) is 4.96. The van der Waals surface area contributed by atoms with Crippen LogP contribution in [0.5, 0.6) is 5.75 Å². The van der Waals surface area contributed by atoms with Crippen LogP contribution in [0.1, 0.15) is 6.92 Å². The Kier molecular flexibility index (Phi) is 7.27. The Morgan fingerprint density at radius 2 is 1.94 bits per heavy atom. The van der Waals surface area contributed by atoms with Gasteiger partial charge in [-0.3, -0.25) is 0 Å². The average Bonchev–Trinajstić information content (AvgIpc) is 2.92. The van der Waals surface area contributed by atoms with Crippen LogP contribution < -0.4 is 9.84 Å². The minimum absolute atomic E-state index is 0. The van der Waals surface area contributed by atoms with Gasteiger partial charge in [0.2, 0.25) is 0 Å². The Labute approximate surface area is 107 Å². The summed E-state index contributed by atoms with van der Waals surface area (Å²) in [6.45, 7) is 1.56. The summed E-state index contributed by atoms with van der Waals surface area (Å²) in [5.74, 6) is 1.06. The van der Waals surface area contributed by atoms with Gasteiger partial charge in [0.25, 0.3) is 0 Å². The van der Waals surface area contributed by atoms with Crippen LogP contribution in [-0.2, 0) is 17.1 Å². The van der Waals surface area contributed by atoms with Crippen molar-refractivity contribution in [1.82, 2.24) is 0 Å². The van der Waals surface area contributed by atoms with Crippen molar-refractivity contribution in [2.24, 2.45) is 0 Å². The minimum Gasteiger partial charge on any atom is -0.875 e. The molecule has 0 heterocycles. The largest absolute Gasteiger partial charge is 2.00 e. The molecule has 0 saturated carbocycles. The predicted octanol–water partition coefficient (Wildman–Crippen LogP) is 2.16. The van der Waals surface area contributed by atoms with Crippen molar-refractivity contribution >= 4 is 0 Å². The van der Waals surface area contributed by atoms with E-state index in [9.17, 15) is 5.11 Å². The summed E-state index contributed by atoms with van der Waals surface area (Å²) < 4.78 is 4.85. The second-order valence-electron chi connectivity index (χ2n) is 3.05. The first-order valence-corrected chi connectivity index (χ1v) is 4.72. The summed E-state index contributed by atoms with van der Waals surface area (Å²) in [6.07, 6.45) is 7.33. The molecule has 0 saturated heterocycles. The molecule has 3 heteroatoms. The van der Waals surface area contributed by atoms with Gasteiger partial charge in [-0.05, 0) is 5.57 Å². The molecule has 1 aliphatic rings. The van der Waals surface area contributed by atoms with E-state index in [2.05, 4.69) is 0 Å². The van der Waals surface area contributed by atoms with Crippen molar-refractivity contribution in [3.8, 4) is 5.75 Å². The molecule has 0 N–H and O–H groups in total. The van der Waals surface area contributed by atoms with Crippen LogP contribution in [0.2, 0.25) is 0 Å². The van der Waals surface area contributed by atoms with Gasteiger partial charge in [0.05, 0.1) is 7.11 Å². The van der Waals surface area contributed by atoms with E-state index in [4.69, 9.17) is 4.74 Å². The number of hydrogen-bond acceptors (Lipinski definition) is 2. The Morgan fingerprint density at radius 3 is 2.19 bits per heavy atom. The Balaban J connectivity index is 0.000000267. The molecule has 0 amide bonds. The van der Waals surface area contributed by atoms with E-state index in [0.29, 0.717) is 0 Å². The van der Waals surface area contributed by atoms with Crippen LogP contribution in [0.15, 0.2) is 59.9 Å². The summed E-state index contributed by atoms with van der Waals surface area (Å²) >= 11 is 0. The van der Waals surface area contributed by atoms with Crippen LogP contribution in [0.25, 0.3) is 0 Å². The zero-order valence-electron chi connectivity index (χ0n) is 9.29. The Bertz CT molecular complexity index is 355. The molecule has 1 aromatic rings.